The van der Waals surface area contributed by atoms with E-state index in [1.807, 2.05) is 12.1 Å². The van der Waals surface area contributed by atoms with Gasteiger partial charge in [0.2, 0.25) is 0 Å². The molecule has 0 unspecified atom stereocenters. The standard InChI is InChI=1S/C15H7Cl3N2/c16-8-2-4-13-11(5-8)15(14(7-19)20-13)10-3-1-9(17)6-12(10)18/h1-6,20H. The number of aromatic amines is 1. The highest BCUT2D eigenvalue weighted by Crippen LogP contribution is 2.38. The summed E-state index contributed by atoms with van der Waals surface area (Å²) in [5, 5.41) is 11.8. The van der Waals surface area contributed by atoms with Crippen LogP contribution in [-0.4, -0.2) is 4.98 Å². The molecule has 0 saturated carbocycles. The van der Waals surface area contributed by atoms with Crippen molar-refractivity contribution in [3.05, 3.63) is 57.2 Å². The number of rotatable bonds is 1. The quantitative estimate of drug-likeness (QED) is 0.616. The molecular formula is C15H7Cl3N2. The third-order valence-corrected chi connectivity index (χ3v) is 3.86. The molecule has 0 bridgehead atoms. The van der Waals surface area contributed by atoms with Crippen molar-refractivity contribution in [3.63, 3.8) is 0 Å². The number of H-pyrrole nitrogens is 1. The molecule has 1 aromatic heterocycles. The number of fused-ring (bicyclic) bond motifs is 1. The molecule has 0 spiro atoms. The number of nitrogens with zero attached hydrogens (tertiary/aromatic N) is 1. The SMILES string of the molecule is N#Cc1[nH]c2ccc(Cl)cc2c1-c1ccc(Cl)cc1Cl. The van der Waals surface area contributed by atoms with Gasteiger partial charge in [0.25, 0.3) is 0 Å². The Morgan fingerprint density at radius 1 is 0.950 bits per heavy atom. The van der Waals surface area contributed by atoms with E-state index < -0.39 is 0 Å². The molecule has 0 saturated heterocycles. The average molecular weight is 322 g/mol. The lowest BCUT2D eigenvalue weighted by molar-refractivity contribution is 1.37. The molecule has 2 nitrogen and oxygen atoms in total. The van der Waals surface area contributed by atoms with Crippen molar-refractivity contribution in [1.29, 1.82) is 5.26 Å². The van der Waals surface area contributed by atoms with Gasteiger partial charge in [-0.2, -0.15) is 5.26 Å². The van der Waals surface area contributed by atoms with Gasteiger partial charge in [-0.1, -0.05) is 40.9 Å². The summed E-state index contributed by atoms with van der Waals surface area (Å²) in [5.41, 5.74) is 2.78. The summed E-state index contributed by atoms with van der Waals surface area (Å²) in [5.74, 6) is 0. The molecular weight excluding hydrogens is 315 g/mol. The number of halogens is 3. The van der Waals surface area contributed by atoms with Crippen LogP contribution in [0.25, 0.3) is 22.0 Å². The van der Waals surface area contributed by atoms with Crippen LogP contribution in [0.15, 0.2) is 36.4 Å². The Morgan fingerprint density at radius 2 is 1.65 bits per heavy atom. The third-order valence-electron chi connectivity index (χ3n) is 3.07. The fourth-order valence-corrected chi connectivity index (χ4v) is 2.90. The van der Waals surface area contributed by atoms with E-state index in [1.54, 1.807) is 24.3 Å². The molecule has 3 rings (SSSR count). The molecule has 2 aromatic carbocycles. The van der Waals surface area contributed by atoms with Crippen LogP contribution in [-0.2, 0) is 0 Å². The third kappa shape index (κ3) is 2.14. The van der Waals surface area contributed by atoms with E-state index in [0.717, 1.165) is 22.0 Å². The normalized spacial score (nSPS) is 10.7. The van der Waals surface area contributed by atoms with Gasteiger partial charge in [-0.05, 0) is 30.3 Å². The van der Waals surface area contributed by atoms with Gasteiger partial charge in [-0.15, -0.1) is 0 Å². The van der Waals surface area contributed by atoms with Crippen molar-refractivity contribution >= 4 is 45.7 Å². The first kappa shape index (κ1) is 13.3. The molecule has 0 amide bonds. The van der Waals surface area contributed by atoms with E-state index in [9.17, 15) is 5.26 Å². The lowest BCUT2D eigenvalue weighted by Crippen LogP contribution is -1.83. The molecule has 0 aliphatic rings. The van der Waals surface area contributed by atoms with Crippen LogP contribution in [0.3, 0.4) is 0 Å². The van der Waals surface area contributed by atoms with Crippen molar-refractivity contribution in [2.75, 3.05) is 0 Å². The Balaban J connectivity index is 2.40. The molecule has 5 heteroatoms. The van der Waals surface area contributed by atoms with Crippen LogP contribution in [0.5, 0.6) is 0 Å². The van der Waals surface area contributed by atoms with E-state index >= 15 is 0 Å². The zero-order valence-electron chi connectivity index (χ0n) is 10.0. The molecule has 0 fully saturated rings. The maximum atomic E-state index is 9.31. The van der Waals surface area contributed by atoms with Gasteiger partial charge in [0.1, 0.15) is 11.8 Å². The largest absolute Gasteiger partial charge is 0.346 e. The summed E-state index contributed by atoms with van der Waals surface area (Å²) >= 11 is 18.2. The lowest BCUT2D eigenvalue weighted by Gasteiger charge is -2.04. The Labute approximate surface area is 130 Å². The minimum absolute atomic E-state index is 0.450. The smallest absolute Gasteiger partial charge is 0.126 e. The molecule has 3 aromatic rings. The first-order valence-corrected chi connectivity index (χ1v) is 6.90. The molecule has 20 heavy (non-hydrogen) atoms. The number of benzene rings is 2. The predicted octanol–water partition coefficient (Wildman–Crippen LogP) is 5.67. The summed E-state index contributed by atoms with van der Waals surface area (Å²) < 4.78 is 0. The van der Waals surface area contributed by atoms with Crippen LogP contribution >= 0.6 is 34.8 Å². The second-order valence-electron chi connectivity index (χ2n) is 4.30. The average Bonchev–Trinajstić information content (AvgIpc) is 2.76. The minimum Gasteiger partial charge on any atom is -0.346 e. The minimum atomic E-state index is 0.450. The fourth-order valence-electron chi connectivity index (χ4n) is 2.22. The summed E-state index contributed by atoms with van der Waals surface area (Å²) in [6.45, 7) is 0. The van der Waals surface area contributed by atoms with Crippen LogP contribution in [0.4, 0.5) is 0 Å². The molecule has 1 N–H and O–H groups in total. The second kappa shape index (κ2) is 5.03. The molecule has 0 radical (unpaired) electrons. The maximum Gasteiger partial charge on any atom is 0.126 e. The number of nitriles is 1. The van der Waals surface area contributed by atoms with Crippen LogP contribution < -0.4 is 0 Å². The predicted molar refractivity (Wildman–Crippen MR) is 83.5 cm³/mol. The Hall–Kier alpha value is -1.66. The fraction of sp³-hybridized carbons (Fsp3) is 0. The number of aromatic nitrogens is 1. The van der Waals surface area contributed by atoms with Gasteiger partial charge >= 0.3 is 0 Å². The van der Waals surface area contributed by atoms with E-state index in [2.05, 4.69) is 11.1 Å². The molecule has 98 valence electrons. The van der Waals surface area contributed by atoms with Gasteiger partial charge in [-0.25, -0.2) is 0 Å². The zero-order valence-corrected chi connectivity index (χ0v) is 12.3. The summed E-state index contributed by atoms with van der Waals surface area (Å²) in [7, 11) is 0. The van der Waals surface area contributed by atoms with Crippen LogP contribution in [0, 0.1) is 11.3 Å². The van der Waals surface area contributed by atoms with Crippen LogP contribution in [0.2, 0.25) is 15.1 Å². The number of hydrogen-bond acceptors (Lipinski definition) is 1. The topological polar surface area (TPSA) is 39.6 Å². The van der Waals surface area contributed by atoms with Gasteiger partial charge in [-0.3, -0.25) is 0 Å². The second-order valence-corrected chi connectivity index (χ2v) is 5.58. The van der Waals surface area contributed by atoms with E-state index in [1.165, 1.54) is 0 Å². The molecule has 0 aliphatic heterocycles. The van der Waals surface area contributed by atoms with Crippen molar-refractivity contribution in [2.45, 2.75) is 0 Å². The zero-order chi connectivity index (χ0) is 14.3. The Bertz CT molecular complexity index is 859. The lowest BCUT2D eigenvalue weighted by atomic mass is 10.0. The van der Waals surface area contributed by atoms with Crippen LogP contribution in [0.1, 0.15) is 5.69 Å². The molecule has 1 heterocycles. The van der Waals surface area contributed by atoms with E-state index in [0.29, 0.717) is 20.8 Å². The summed E-state index contributed by atoms with van der Waals surface area (Å²) in [4.78, 5) is 3.07. The van der Waals surface area contributed by atoms with Crippen molar-refractivity contribution in [2.24, 2.45) is 0 Å². The number of hydrogen-bond donors (Lipinski definition) is 1. The number of nitrogens with one attached hydrogen (secondary N) is 1. The Morgan fingerprint density at radius 3 is 2.35 bits per heavy atom. The molecule has 0 atom stereocenters. The van der Waals surface area contributed by atoms with Gasteiger partial charge in [0.15, 0.2) is 0 Å². The van der Waals surface area contributed by atoms with Gasteiger partial charge in [0, 0.05) is 37.1 Å². The van der Waals surface area contributed by atoms with E-state index in [4.69, 9.17) is 34.8 Å². The highest BCUT2D eigenvalue weighted by atomic mass is 35.5. The summed E-state index contributed by atoms with van der Waals surface area (Å²) in [6.07, 6.45) is 0. The van der Waals surface area contributed by atoms with Gasteiger partial charge in [0.05, 0.1) is 0 Å². The molecule has 0 aliphatic carbocycles. The Kier molecular flexibility index (Phi) is 3.35. The maximum absolute atomic E-state index is 9.31. The first-order chi connectivity index (χ1) is 9.60. The van der Waals surface area contributed by atoms with Crippen molar-refractivity contribution < 1.29 is 0 Å². The highest BCUT2D eigenvalue weighted by molar-refractivity contribution is 6.37. The summed E-state index contributed by atoms with van der Waals surface area (Å²) in [6, 6.07) is 12.8. The first-order valence-electron chi connectivity index (χ1n) is 5.77. The highest BCUT2D eigenvalue weighted by Gasteiger charge is 2.16. The van der Waals surface area contributed by atoms with Gasteiger partial charge < -0.3 is 4.98 Å². The monoisotopic (exact) mass is 320 g/mol. The van der Waals surface area contributed by atoms with Crippen molar-refractivity contribution in [1.82, 2.24) is 4.98 Å². The van der Waals surface area contributed by atoms with E-state index in [-0.39, 0.29) is 0 Å². The van der Waals surface area contributed by atoms with Crippen molar-refractivity contribution in [3.8, 4) is 17.2 Å².